The highest BCUT2D eigenvalue weighted by atomic mass is 16.5. The van der Waals surface area contributed by atoms with Crippen LogP contribution >= 0.6 is 0 Å². The Balaban J connectivity index is 1.15. The second-order valence-corrected chi connectivity index (χ2v) is 13.8. The Kier molecular flexibility index (Phi) is 10.5. The van der Waals surface area contributed by atoms with Crippen LogP contribution in [-0.2, 0) is 9.47 Å². The number of rotatable bonds is 13. The molecular weight excluding hydrogens is 626 g/mol. The maximum absolute atomic E-state index is 14.3. The van der Waals surface area contributed by atoms with E-state index >= 15 is 0 Å². The van der Waals surface area contributed by atoms with Crippen LogP contribution in [0, 0.1) is 0 Å². The van der Waals surface area contributed by atoms with E-state index in [-0.39, 0.29) is 30.2 Å². The molecule has 3 fully saturated rings. The molecule has 0 saturated carbocycles. The van der Waals surface area contributed by atoms with Gasteiger partial charge in [-0.15, -0.1) is 0 Å². The standard InChI is InChI=1S/C36H49N7O6/c1-38-13-15-39(16-14-38)8-2-7-37-29-25-28-30-26(33(44)42(35(28)46)11-3-9-40-17-21-48-22-18-40)5-6-27-31(30)32(29)36(47)43(34(27)45)12-4-10-41-19-23-49-24-20-41/h5-6,25,37H,2-4,7-24H2,1H3. The first kappa shape index (κ1) is 34.0. The van der Waals surface area contributed by atoms with Crippen LogP contribution in [0.4, 0.5) is 5.69 Å². The number of likely N-dealkylation sites (N-methyl/N-ethyl adjacent to an activating group) is 1. The molecule has 0 aromatic heterocycles. The van der Waals surface area contributed by atoms with Gasteiger partial charge in [0.2, 0.25) is 0 Å². The zero-order chi connectivity index (χ0) is 33.9. The highest BCUT2D eigenvalue weighted by Crippen LogP contribution is 2.41. The summed E-state index contributed by atoms with van der Waals surface area (Å²) in [6.07, 6.45) is 2.16. The topological polar surface area (TPSA) is 118 Å². The molecule has 1 N–H and O–H groups in total. The van der Waals surface area contributed by atoms with Crippen LogP contribution in [-0.4, -0.2) is 178 Å². The first-order valence-corrected chi connectivity index (χ1v) is 18.0. The number of hydrogen-bond donors (Lipinski definition) is 1. The molecule has 3 saturated heterocycles. The lowest BCUT2D eigenvalue weighted by Crippen LogP contribution is -2.45. The summed E-state index contributed by atoms with van der Waals surface area (Å²) in [5.41, 5.74) is 2.02. The van der Waals surface area contributed by atoms with Gasteiger partial charge in [0.25, 0.3) is 23.6 Å². The van der Waals surface area contributed by atoms with Gasteiger partial charge in [-0.05, 0) is 51.1 Å². The van der Waals surface area contributed by atoms with Gasteiger partial charge in [0.05, 0.1) is 37.6 Å². The fraction of sp³-hybridized carbons (Fsp3) is 0.611. The molecule has 0 radical (unpaired) electrons. The van der Waals surface area contributed by atoms with E-state index in [0.717, 1.165) is 78.4 Å². The van der Waals surface area contributed by atoms with E-state index in [1.54, 1.807) is 18.2 Å². The van der Waals surface area contributed by atoms with Crippen molar-refractivity contribution in [2.45, 2.75) is 19.3 Å². The van der Waals surface area contributed by atoms with Gasteiger partial charge in [-0.3, -0.25) is 38.8 Å². The van der Waals surface area contributed by atoms with Gasteiger partial charge in [-0.2, -0.15) is 0 Å². The third-order valence-corrected chi connectivity index (χ3v) is 10.7. The molecule has 2 aromatic rings. The average molecular weight is 676 g/mol. The van der Waals surface area contributed by atoms with Crippen molar-refractivity contribution in [1.29, 1.82) is 0 Å². The first-order chi connectivity index (χ1) is 23.9. The van der Waals surface area contributed by atoms with Crippen LogP contribution in [0.1, 0.15) is 60.7 Å². The van der Waals surface area contributed by atoms with Gasteiger partial charge in [-0.1, -0.05) is 0 Å². The maximum Gasteiger partial charge on any atom is 0.263 e. The van der Waals surface area contributed by atoms with Crippen molar-refractivity contribution in [3.63, 3.8) is 0 Å². The molecule has 49 heavy (non-hydrogen) atoms. The van der Waals surface area contributed by atoms with Crippen LogP contribution in [0.5, 0.6) is 0 Å². The second-order valence-electron chi connectivity index (χ2n) is 13.8. The third-order valence-electron chi connectivity index (χ3n) is 10.7. The molecule has 0 aliphatic carbocycles. The summed E-state index contributed by atoms with van der Waals surface area (Å²) in [5.74, 6) is -1.51. The lowest BCUT2D eigenvalue weighted by molar-refractivity contribution is 0.0351. The lowest BCUT2D eigenvalue weighted by Gasteiger charge is -2.34. The molecule has 5 heterocycles. The van der Waals surface area contributed by atoms with Gasteiger partial charge in [0.1, 0.15) is 0 Å². The summed E-state index contributed by atoms with van der Waals surface area (Å²) < 4.78 is 10.9. The molecule has 0 bridgehead atoms. The van der Waals surface area contributed by atoms with Crippen molar-refractivity contribution in [1.82, 2.24) is 29.4 Å². The van der Waals surface area contributed by atoms with Crippen LogP contribution in [0.2, 0.25) is 0 Å². The second kappa shape index (κ2) is 15.2. The smallest absolute Gasteiger partial charge is 0.263 e. The maximum atomic E-state index is 14.3. The van der Waals surface area contributed by atoms with E-state index in [1.807, 2.05) is 0 Å². The van der Waals surface area contributed by atoms with E-state index in [4.69, 9.17) is 9.47 Å². The van der Waals surface area contributed by atoms with Crippen molar-refractivity contribution in [2.75, 3.05) is 130 Å². The Morgan fingerprint density at radius 3 is 1.65 bits per heavy atom. The summed E-state index contributed by atoms with van der Waals surface area (Å²) in [6, 6.07) is 5.09. The lowest BCUT2D eigenvalue weighted by atomic mass is 9.84. The summed E-state index contributed by atoms with van der Waals surface area (Å²) in [7, 11) is 2.14. The Bertz CT molecular complexity index is 1580. The molecule has 7 rings (SSSR count). The number of nitrogens with zero attached hydrogens (tertiary/aromatic N) is 6. The average Bonchev–Trinajstić information content (AvgIpc) is 3.12. The molecular formula is C36H49N7O6. The number of imide groups is 2. The highest BCUT2D eigenvalue weighted by Gasteiger charge is 2.41. The number of carbonyl (C=O) groups excluding carboxylic acids is 4. The summed E-state index contributed by atoms with van der Waals surface area (Å²) in [5, 5.41) is 4.34. The summed E-state index contributed by atoms with van der Waals surface area (Å²) in [6.45, 7) is 13.9. The number of morpholine rings is 2. The molecule has 4 amide bonds. The predicted molar refractivity (Wildman–Crippen MR) is 185 cm³/mol. The number of ether oxygens (including phenoxy) is 2. The zero-order valence-corrected chi connectivity index (χ0v) is 28.7. The fourth-order valence-corrected chi connectivity index (χ4v) is 7.77. The van der Waals surface area contributed by atoms with E-state index < -0.39 is 0 Å². The van der Waals surface area contributed by atoms with Crippen molar-refractivity contribution in [2.24, 2.45) is 0 Å². The van der Waals surface area contributed by atoms with Crippen LogP contribution in [0.15, 0.2) is 18.2 Å². The number of anilines is 1. The molecule has 0 unspecified atom stereocenters. The summed E-state index contributed by atoms with van der Waals surface area (Å²) in [4.78, 5) is 68.3. The van der Waals surface area contributed by atoms with Crippen molar-refractivity contribution >= 4 is 40.1 Å². The molecule has 0 atom stereocenters. The number of nitrogens with one attached hydrogen (secondary N) is 1. The van der Waals surface area contributed by atoms with Gasteiger partial charge in [-0.25, -0.2) is 0 Å². The molecule has 264 valence electrons. The third kappa shape index (κ3) is 7.10. The van der Waals surface area contributed by atoms with Crippen LogP contribution in [0.25, 0.3) is 10.8 Å². The zero-order valence-electron chi connectivity index (χ0n) is 28.7. The number of piperazine rings is 1. The Morgan fingerprint density at radius 1 is 0.571 bits per heavy atom. The Labute approximate surface area is 288 Å². The van der Waals surface area contributed by atoms with E-state index in [2.05, 4.69) is 32.0 Å². The normalized spacial score (nSPS) is 21.3. The van der Waals surface area contributed by atoms with Gasteiger partial charge >= 0.3 is 0 Å². The monoisotopic (exact) mass is 675 g/mol. The number of carbonyl (C=O) groups is 4. The van der Waals surface area contributed by atoms with Gasteiger partial charge in [0.15, 0.2) is 0 Å². The Hall–Kier alpha value is -3.46. The van der Waals surface area contributed by atoms with Crippen molar-refractivity contribution in [3.8, 4) is 0 Å². The molecule has 5 aliphatic rings. The number of hydrogen-bond acceptors (Lipinski definition) is 11. The molecule has 13 heteroatoms. The van der Waals surface area contributed by atoms with E-state index in [0.29, 0.717) is 91.1 Å². The minimum absolute atomic E-state index is 0.289. The van der Waals surface area contributed by atoms with Crippen LogP contribution < -0.4 is 5.32 Å². The highest BCUT2D eigenvalue weighted by molar-refractivity contribution is 6.34. The van der Waals surface area contributed by atoms with Crippen molar-refractivity contribution < 1.29 is 28.7 Å². The summed E-state index contributed by atoms with van der Waals surface area (Å²) >= 11 is 0. The minimum atomic E-state index is -0.378. The Morgan fingerprint density at radius 2 is 1.06 bits per heavy atom. The van der Waals surface area contributed by atoms with Crippen molar-refractivity contribution in [3.05, 3.63) is 40.5 Å². The minimum Gasteiger partial charge on any atom is -0.384 e. The predicted octanol–water partition coefficient (Wildman–Crippen LogP) is 1.53. The number of amides is 4. The molecule has 2 aromatic carbocycles. The quantitative estimate of drug-likeness (QED) is 0.246. The largest absolute Gasteiger partial charge is 0.384 e. The van der Waals surface area contributed by atoms with E-state index in [9.17, 15) is 19.2 Å². The molecule has 5 aliphatic heterocycles. The van der Waals surface area contributed by atoms with Gasteiger partial charge < -0.3 is 24.6 Å². The number of benzene rings is 2. The first-order valence-electron chi connectivity index (χ1n) is 18.0. The van der Waals surface area contributed by atoms with E-state index in [1.165, 1.54) is 9.80 Å². The van der Waals surface area contributed by atoms with Crippen LogP contribution in [0.3, 0.4) is 0 Å². The SMILES string of the molecule is CN1CCN(CCCNc2cc3c4c(ccc5c4c2C(=O)N(CCCN2CCOCC2)C5=O)C(=O)N(CCCN2CCOCC2)C3=O)CC1. The fourth-order valence-electron chi connectivity index (χ4n) is 7.77. The molecule has 0 spiro atoms. The van der Waals surface area contributed by atoms with Gasteiger partial charge in [0, 0.05) is 113 Å². The molecule has 13 nitrogen and oxygen atoms in total.